The highest BCUT2D eigenvalue weighted by Gasteiger charge is 2.32. The van der Waals surface area contributed by atoms with Crippen LogP contribution >= 0.6 is 17.0 Å². The molecule has 38 heavy (non-hydrogen) atoms. The number of ketones is 1. The van der Waals surface area contributed by atoms with E-state index < -0.39 is 5.97 Å². The molecular formula is C29H39BrN4O4. The van der Waals surface area contributed by atoms with Crippen LogP contribution in [-0.2, 0) is 16.8 Å². The molecule has 2 N–H and O–H groups in total. The third-order valence-corrected chi connectivity index (χ3v) is 7.10. The zero-order valence-electron chi connectivity index (χ0n) is 23.0. The third-order valence-electron chi connectivity index (χ3n) is 7.10. The minimum absolute atomic E-state index is 0. The average molecular weight is 588 g/mol. The van der Waals surface area contributed by atoms with Gasteiger partial charge in [-0.25, -0.2) is 4.98 Å². The highest BCUT2D eigenvalue weighted by atomic mass is 79.9. The summed E-state index contributed by atoms with van der Waals surface area (Å²) in [6.07, 6.45) is 2.76. The van der Waals surface area contributed by atoms with Crippen LogP contribution in [0.5, 0.6) is 5.75 Å². The summed E-state index contributed by atoms with van der Waals surface area (Å²) < 4.78 is 6.16. The number of nitrogens with zero attached hydrogens (tertiary/aromatic N) is 3. The van der Waals surface area contributed by atoms with Crippen molar-refractivity contribution in [3.05, 3.63) is 52.3 Å². The number of amidine groups is 1. The van der Waals surface area contributed by atoms with Crippen LogP contribution in [0.3, 0.4) is 0 Å². The second-order valence-electron chi connectivity index (χ2n) is 11.1. The standard InChI is InChI=1S/C29H38N4O4.BrH/c1-6-32(5)23-15-20(14-21(29(2,3)4)27(23)37-13-7-8-25(35)36)24(34)17-33-16-19-11-12-22(18-9-10-18)31-26(19)28(33)30;/h11-12,14-15,18,30H,6-10,13,16-17H2,1-5H3,(H,35,36);1H. The van der Waals surface area contributed by atoms with Crippen LogP contribution in [0.1, 0.15) is 92.2 Å². The number of aromatic nitrogens is 1. The van der Waals surface area contributed by atoms with Gasteiger partial charge in [0.05, 0.1) is 18.8 Å². The smallest absolute Gasteiger partial charge is 0.303 e. The molecule has 1 aromatic heterocycles. The first-order valence-corrected chi connectivity index (χ1v) is 13.1. The van der Waals surface area contributed by atoms with Gasteiger partial charge >= 0.3 is 5.97 Å². The van der Waals surface area contributed by atoms with Crippen LogP contribution in [0.2, 0.25) is 0 Å². The quantitative estimate of drug-likeness (QED) is 0.262. The van der Waals surface area contributed by atoms with Crippen molar-refractivity contribution in [3.8, 4) is 5.75 Å². The molecular weight excluding hydrogens is 548 g/mol. The highest BCUT2D eigenvalue weighted by molar-refractivity contribution is 8.93. The molecule has 0 saturated heterocycles. The van der Waals surface area contributed by atoms with Gasteiger partial charge in [-0.05, 0) is 49.8 Å². The lowest BCUT2D eigenvalue weighted by Gasteiger charge is -2.29. The molecule has 2 heterocycles. The Morgan fingerprint density at radius 1 is 1.24 bits per heavy atom. The Morgan fingerprint density at radius 2 is 1.95 bits per heavy atom. The van der Waals surface area contributed by atoms with Gasteiger partial charge in [-0.2, -0.15) is 0 Å². The normalized spacial score (nSPS) is 14.7. The van der Waals surface area contributed by atoms with Crippen molar-refractivity contribution in [1.29, 1.82) is 5.41 Å². The molecule has 0 atom stereocenters. The topological polar surface area (TPSA) is 107 Å². The monoisotopic (exact) mass is 586 g/mol. The summed E-state index contributed by atoms with van der Waals surface area (Å²) in [5, 5.41) is 17.7. The molecule has 1 aliphatic carbocycles. The molecule has 1 aliphatic heterocycles. The molecule has 1 saturated carbocycles. The molecule has 1 aromatic carbocycles. The predicted octanol–water partition coefficient (Wildman–Crippen LogP) is 5.56. The Kier molecular flexibility index (Phi) is 9.23. The second-order valence-corrected chi connectivity index (χ2v) is 11.1. The number of carboxylic acid groups (broad SMARTS) is 1. The first-order valence-electron chi connectivity index (χ1n) is 13.1. The molecule has 0 amide bonds. The minimum Gasteiger partial charge on any atom is -0.491 e. The second kappa shape index (κ2) is 11.8. The Bertz CT molecular complexity index is 1220. The van der Waals surface area contributed by atoms with E-state index in [1.165, 1.54) is 0 Å². The van der Waals surface area contributed by atoms with Crippen molar-refractivity contribution in [2.45, 2.75) is 71.3 Å². The predicted molar refractivity (Wildman–Crippen MR) is 155 cm³/mol. The summed E-state index contributed by atoms with van der Waals surface area (Å²) in [5.41, 5.74) is 4.73. The van der Waals surface area contributed by atoms with Gasteiger partial charge in [0, 0.05) is 54.9 Å². The number of carbonyl (C=O) groups is 2. The van der Waals surface area contributed by atoms with E-state index in [2.05, 4.69) is 32.9 Å². The number of ether oxygens (including phenoxy) is 1. The largest absolute Gasteiger partial charge is 0.491 e. The van der Waals surface area contributed by atoms with E-state index in [4.69, 9.17) is 20.2 Å². The fourth-order valence-electron chi connectivity index (χ4n) is 4.61. The van der Waals surface area contributed by atoms with Crippen molar-refractivity contribution in [1.82, 2.24) is 9.88 Å². The molecule has 4 rings (SSSR count). The van der Waals surface area contributed by atoms with E-state index in [1.807, 2.05) is 31.0 Å². The molecule has 2 aromatic rings. The van der Waals surface area contributed by atoms with Gasteiger partial charge in [0.2, 0.25) is 0 Å². The number of fused-ring (bicyclic) bond motifs is 1. The van der Waals surface area contributed by atoms with E-state index in [1.54, 1.807) is 4.90 Å². The maximum absolute atomic E-state index is 13.6. The number of Topliss-reactive ketones (excluding diaryl/α,β-unsaturated/α-hetero) is 1. The van der Waals surface area contributed by atoms with Crippen molar-refractivity contribution in [2.24, 2.45) is 0 Å². The third kappa shape index (κ3) is 6.54. The number of nitrogens with one attached hydrogen (secondary N) is 1. The molecule has 1 fully saturated rings. The lowest BCUT2D eigenvalue weighted by atomic mass is 9.84. The summed E-state index contributed by atoms with van der Waals surface area (Å²) in [6.45, 7) is 9.87. The zero-order chi connectivity index (χ0) is 26.9. The number of rotatable bonds is 11. The molecule has 206 valence electrons. The number of carboxylic acids is 1. The Labute approximate surface area is 235 Å². The number of hydrogen-bond acceptors (Lipinski definition) is 6. The van der Waals surface area contributed by atoms with Gasteiger partial charge < -0.3 is 19.6 Å². The van der Waals surface area contributed by atoms with Crippen LogP contribution in [0.4, 0.5) is 5.69 Å². The number of pyridine rings is 1. The van der Waals surface area contributed by atoms with Crippen LogP contribution in [0.15, 0.2) is 24.3 Å². The lowest BCUT2D eigenvalue weighted by molar-refractivity contribution is -0.137. The molecule has 0 spiro atoms. The van der Waals surface area contributed by atoms with Crippen LogP contribution in [-0.4, -0.2) is 59.3 Å². The van der Waals surface area contributed by atoms with Crippen molar-refractivity contribution >= 4 is 40.3 Å². The molecule has 0 bridgehead atoms. The number of halogens is 1. The van der Waals surface area contributed by atoms with E-state index >= 15 is 0 Å². The van der Waals surface area contributed by atoms with E-state index in [9.17, 15) is 9.59 Å². The maximum Gasteiger partial charge on any atom is 0.303 e. The van der Waals surface area contributed by atoms with Gasteiger partial charge in [-0.1, -0.05) is 26.8 Å². The summed E-state index contributed by atoms with van der Waals surface area (Å²) in [5.74, 6) is 0.611. The maximum atomic E-state index is 13.6. The molecule has 9 heteroatoms. The molecule has 0 radical (unpaired) electrons. The minimum atomic E-state index is -0.847. The highest BCUT2D eigenvalue weighted by Crippen LogP contribution is 2.41. The molecule has 8 nitrogen and oxygen atoms in total. The summed E-state index contributed by atoms with van der Waals surface area (Å²) in [4.78, 5) is 33.1. The van der Waals surface area contributed by atoms with Crippen LogP contribution in [0, 0.1) is 5.41 Å². The van der Waals surface area contributed by atoms with Gasteiger partial charge in [0.1, 0.15) is 17.3 Å². The van der Waals surface area contributed by atoms with Gasteiger partial charge in [0.25, 0.3) is 0 Å². The summed E-state index contributed by atoms with van der Waals surface area (Å²) in [6, 6.07) is 7.88. The van der Waals surface area contributed by atoms with Crippen molar-refractivity contribution < 1.29 is 19.4 Å². The van der Waals surface area contributed by atoms with Gasteiger partial charge in [-0.15, -0.1) is 17.0 Å². The van der Waals surface area contributed by atoms with Crippen molar-refractivity contribution in [2.75, 3.05) is 31.6 Å². The first kappa shape index (κ1) is 29.6. The SMILES string of the molecule is Br.CCN(C)c1cc(C(=O)CN2Cc3ccc(C4CC4)nc3C2=N)cc(C(C)(C)C)c1OCCCC(=O)O. The molecule has 0 unspecified atom stereocenters. The Hall–Kier alpha value is -2.94. The fourth-order valence-corrected chi connectivity index (χ4v) is 4.61. The van der Waals surface area contributed by atoms with Gasteiger partial charge in [-0.3, -0.25) is 15.0 Å². The summed E-state index contributed by atoms with van der Waals surface area (Å²) in [7, 11) is 1.95. The van der Waals surface area contributed by atoms with E-state index in [-0.39, 0.29) is 47.8 Å². The number of hydrogen-bond donors (Lipinski definition) is 2. The number of anilines is 1. The number of carbonyl (C=O) groups excluding carboxylic acids is 1. The first-order chi connectivity index (χ1) is 17.5. The van der Waals surface area contributed by atoms with E-state index in [0.29, 0.717) is 48.3 Å². The summed E-state index contributed by atoms with van der Waals surface area (Å²) >= 11 is 0. The number of benzene rings is 1. The fraction of sp³-hybridized carbons (Fsp3) is 0.517. The van der Waals surface area contributed by atoms with Gasteiger partial charge in [0.15, 0.2) is 5.78 Å². The Morgan fingerprint density at radius 3 is 2.55 bits per heavy atom. The number of aliphatic carboxylic acids is 1. The van der Waals surface area contributed by atoms with Crippen LogP contribution in [0.25, 0.3) is 0 Å². The average Bonchev–Trinajstić information content (AvgIpc) is 3.65. The molecule has 2 aliphatic rings. The van der Waals surface area contributed by atoms with Crippen LogP contribution < -0.4 is 9.64 Å². The van der Waals surface area contributed by atoms with E-state index in [0.717, 1.165) is 35.3 Å². The zero-order valence-corrected chi connectivity index (χ0v) is 24.7. The van der Waals surface area contributed by atoms with Crippen molar-refractivity contribution in [3.63, 3.8) is 0 Å². The Balaban J connectivity index is 0.00000400. The lowest BCUT2D eigenvalue weighted by Crippen LogP contribution is -2.31.